The van der Waals surface area contributed by atoms with Gasteiger partial charge < -0.3 is 14.8 Å². The summed E-state index contributed by atoms with van der Waals surface area (Å²) >= 11 is 6.59. The van der Waals surface area contributed by atoms with E-state index in [2.05, 4.69) is 37.2 Å². The first kappa shape index (κ1) is 13.8. The SMILES string of the molecule is O=C(O)c1ccc(C(=O)Nc2cc(Br)ccc2Br)o1. The quantitative estimate of drug-likeness (QED) is 0.838. The van der Waals surface area contributed by atoms with Crippen molar-refractivity contribution < 1.29 is 19.1 Å². The molecule has 0 saturated carbocycles. The van der Waals surface area contributed by atoms with E-state index >= 15 is 0 Å². The van der Waals surface area contributed by atoms with Crippen molar-refractivity contribution in [1.29, 1.82) is 0 Å². The average Bonchev–Trinajstić information content (AvgIpc) is 2.83. The molecular formula is C12H7Br2NO4. The molecule has 5 nitrogen and oxygen atoms in total. The molecule has 0 fully saturated rings. The van der Waals surface area contributed by atoms with E-state index in [1.165, 1.54) is 12.1 Å². The van der Waals surface area contributed by atoms with Gasteiger partial charge >= 0.3 is 5.97 Å². The van der Waals surface area contributed by atoms with Crippen molar-refractivity contribution >= 4 is 49.4 Å². The highest BCUT2D eigenvalue weighted by Gasteiger charge is 2.15. The van der Waals surface area contributed by atoms with E-state index in [1.54, 1.807) is 12.1 Å². The van der Waals surface area contributed by atoms with Gasteiger partial charge in [-0.1, -0.05) is 15.9 Å². The Morgan fingerprint density at radius 3 is 2.42 bits per heavy atom. The van der Waals surface area contributed by atoms with E-state index < -0.39 is 11.9 Å². The lowest BCUT2D eigenvalue weighted by atomic mass is 10.3. The summed E-state index contributed by atoms with van der Waals surface area (Å²) in [6, 6.07) is 7.83. The molecule has 2 aromatic rings. The number of rotatable bonds is 3. The molecule has 0 saturated heterocycles. The maximum atomic E-state index is 11.9. The van der Waals surface area contributed by atoms with Gasteiger partial charge in [0.15, 0.2) is 5.76 Å². The number of carbonyl (C=O) groups excluding carboxylic acids is 1. The molecule has 1 heterocycles. The summed E-state index contributed by atoms with van der Waals surface area (Å²) in [7, 11) is 0. The van der Waals surface area contributed by atoms with Gasteiger partial charge in [-0.15, -0.1) is 0 Å². The van der Waals surface area contributed by atoms with E-state index in [9.17, 15) is 9.59 Å². The molecule has 0 radical (unpaired) electrons. The first-order valence-corrected chi connectivity index (χ1v) is 6.65. The number of benzene rings is 1. The third-order valence-electron chi connectivity index (χ3n) is 2.22. The van der Waals surface area contributed by atoms with Crippen molar-refractivity contribution in [3.63, 3.8) is 0 Å². The van der Waals surface area contributed by atoms with Crippen molar-refractivity contribution in [2.24, 2.45) is 0 Å². The number of nitrogens with one attached hydrogen (secondary N) is 1. The molecule has 0 unspecified atom stereocenters. The highest BCUT2D eigenvalue weighted by Crippen LogP contribution is 2.26. The zero-order chi connectivity index (χ0) is 14.0. The molecule has 1 aromatic carbocycles. The Labute approximate surface area is 124 Å². The molecular weight excluding hydrogens is 382 g/mol. The number of anilines is 1. The molecule has 0 bridgehead atoms. The summed E-state index contributed by atoms with van der Waals surface area (Å²) in [6.45, 7) is 0. The van der Waals surface area contributed by atoms with Gasteiger partial charge in [-0.25, -0.2) is 4.79 Å². The smallest absolute Gasteiger partial charge is 0.371 e. The molecule has 0 atom stereocenters. The summed E-state index contributed by atoms with van der Waals surface area (Å²) in [5.41, 5.74) is 0.549. The highest BCUT2D eigenvalue weighted by atomic mass is 79.9. The van der Waals surface area contributed by atoms with Crippen LogP contribution in [0, 0.1) is 0 Å². The number of hydrogen-bond acceptors (Lipinski definition) is 3. The van der Waals surface area contributed by atoms with Gasteiger partial charge in [0.25, 0.3) is 5.91 Å². The van der Waals surface area contributed by atoms with Gasteiger partial charge in [0.1, 0.15) is 0 Å². The van der Waals surface area contributed by atoms with Gasteiger partial charge in [-0.3, -0.25) is 4.79 Å². The van der Waals surface area contributed by atoms with Crippen LogP contribution in [0.1, 0.15) is 21.1 Å². The Morgan fingerprint density at radius 2 is 1.79 bits per heavy atom. The lowest BCUT2D eigenvalue weighted by molar-refractivity contribution is 0.0660. The number of hydrogen-bond donors (Lipinski definition) is 2. The maximum Gasteiger partial charge on any atom is 0.371 e. The molecule has 2 N–H and O–H groups in total. The Hall–Kier alpha value is -1.60. The molecule has 0 aliphatic rings. The Balaban J connectivity index is 2.20. The van der Waals surface area contributed by atoms with Crippen molar-refractivity contribution in [3.8, 4) is 0 Å². The topological polar surface area (TPSA) is 79.5 Å². The van der Waals surface area contributed by atoms with E-state index in [-0.39, 0.29) is 11.5 Å². The number of carboxylic acid groups (broad SMARTS) is 1. The summed E-state index contributed by atoms with van der Waals surface area (Å²) < 4.78 is 6.42. The van der Waals surface area contributed by atoms with Crippen LogP contribution in [0.5, 0.6) is 0 Å². The third kappa shape index (κ3) is 3.24. The van der Waals surface area contributed by atoms with Crippen LogP contribution in [0.3, 0.4) is 0 Å². The van der Waals surface area contributed by atoms with Gasteiger partial charge in [0, 0.05) is 8.95 Å². The monoisotopic (exact) mass is 387 g/mol. The Morgan fingerprint density at radius 1 is 1.11 bits per heavy atom. The number of carbonyl (C=O) groups is 2. The van der Waals surface area contributed by atoms with Crippen molar-refractivity contribution in [1.82, 2.24) is 0 Å². The second-order valence-corrected chi connectivity index (χ2v) is 5.32. The van der Waals surface area contributed by atoms with Crippen LogP contribution in [-0.2, 0) is 0 Å². The van der Waals surface area contributed by atoms with Crippen LogP contribution in [-0.4, -0.2) is 17.0 Å². The third-order valence-corrected chi connectivity index (χ3v) is 3.40. The molecule has 1 aromatic heterocycles. The van der Waals surface area contributed by atoms with Gasteiger partial charge in [0.2, 0.25) is 5.76 Å². The van der Waals surface area contributed by atoms with Gasteiger partial charge in [0.05, 0.1) is 5.69 Å². The van der Waals surface area contributed by atoms with E-state index in [4.69, 9.17) is 9.52 Å². The van der Waals surface area contributed by atoms with E-state index in [0.29, 0.717) is 10.2 Å². The zero-order valence-corrected chi connectivity index (χ0v) is 12.5. The largest absolute Gasteiger partial charge is 0.475 e. The molecule has 1 amide bonds. The molecule has 0 aliphatic heterocycles. The zero-order valence-electron chi connectivity index (χ0n) is 9.31. The van der Waals surface area contributed by atoms with Crippen LogP contribution in [0.2, 0.25) is 0 Å². The lowest BCUT2D eigenvalue weighted by Gasteiger charge is -2.06. The lowest BCUT2D eigenvalue weighted by Crippen LogP contribution is -2.11. The van der Waals surface area contributed by atoms with Crippen LogP contribution in [0.25, 0.3) is 0 Å². The van der Waals surface area contributed by atoms with Gasteiger partial charge in [-0.2, -0.15) is 0 Å². The first-order valence-electron chi connectivity index (χ1n) is 5.07. The second-order valence-electron chi connectivity index (χ2n) is 3.55. The summed E-state index contributed by atoms with van der Waals surface area (Å²) in [5.74, 6) is -2.09. The normalized spacial score (nSPS) is 10.2. The van der Waals surface area contributed by atoms with Crippen molar-refractivity contribution in [2.45, 2.75) is 0 Å². The number of amides is 1. The van der Waals surface area contributed by atoms with E-state index in [0.717, 1.165) is 4.47 Å². The summed E-state index contributed by atoms with van der Waals surface area (Å²) in [4.78, 5) is 22.5. The predicted molar refractivity (Wildman–Crippen MR) is 75.5 cm³/mol. The van der Waals surface area contributed by atoms with E-state index in [1.807, 2.05) is 6.07 Å². The minimum absolute atomic E-state index is 0.0655. The highest BCUT2D eigenvalue weighted by molar-refractivity contribution is 9.11. The number of halogens is 2. The van der Waals surface area contributed by atoms with Crippen LogP contribution < -0.4 is 5.32 Å². The molecule has 0 spiro atoms. The standard InChI is InChI=1S/C12H7Br2NO4/c13-6-1-2-7(14)8(5-6)15-11(16)9-3-4-10(19-9)12(17)18/h1-5H,(H,15,16)(H,17,18). The number of carboxylic acids is 1. The fourth-order valence-corrected chi connectivity index (χ4v) is 2.06. The first-order chi connectivity index (χ1) is 8.97. The van der Waals surface area contributed by atoms with Crippen molar-refractivity contribution in [3.05, 3.63) is 50.8 Å². The fourth-order valence-electron chi connectivity index (χ4n) is 1.35. The summed E-state index contributed by atoms with van der Waals surface area (Å²) in [5, 5.41) is 11.3. The maximum absolute atomic E-state index is 11.9. The van der Waals surface area contributed by atoms with Crippen LogP contribution >= 0.6 is 31.9 Å². The molecule has 0 aliphatic carbocycles. The Bertz CT molecular complexity index is 651. The van der Waals surface area contributed by atoms with Crippen LogP contribution in [0.4, 0.5) is 5.69 Å². The average molecular weight is 389 g/mol. The Kier molecular flexibility index (Phi) is 4.06. The minimum atomic E-state index is -1.22. The molecule has 98 valence electrons. The summed E-state index contributed by atoms with van der Waals surface area (Å²) in [6.07, 6.45) is 0. The number of furan rings is 1. The predicted octanol–water partition coefficient (Wildman–Crippen LogP) is 3.76. The second kappa shape index (κ2) is 5.58. The number of aromatic carboxylic acids is 1. The minimum Gasteiger partial charge on any atom is -0.475 e. The van der Waals surface area contributed by atoms with Crippen molar-refractivity contribution in [2.75, 3.05) is 5.32 Å². The fraction of sp³-hybridized carbons (Fsp3) is 0. The molecule has 19 heavy (non-hydrogen) atoms. The molecule has 7 heteroatoms. The molecule has 2 rings (SSSR count). The van der Waals surface area contributed by atoms with Crippen LogP contribution in [0.15, 0.2) is 43.7 Å². The van der Waals surface area contributed by atoms with Gasteiger partial charge in [-0.05, 0) is 46.3 Å².